The average molecular weight is 380 g/mol. The molecule has 6 nitrogen and oxygen atoms in total. The highest BCUT2D eigenvalue weighted by Crippen LogP contribution is 2.34. The van der Waals surface area contributed by atoms with E-state index < -0.39 is 30.0 Å². The molecule has 0 radical (unpaired) electrons. The Kier molecular flexibility index (Phi) is 4.93. The molecule has 2 amide bonds. The minimum absolute atomic E-state index is 0.0314. The number of hydrogen-bond donors (Lipinski definition) is 1. The lowest BCUT2D eigenvalue weighted by molar-refractivity contribution is -0.274. The van der Waals surface area contributed by atoms with E-state index in [0.717, 1.165) is 12.1 Å². The SMILES string of the molecule is CNC(=O)[C@H]1CN(C(=O)c2ccc(OC(F)(F)F)cc2)c2ccccc2O1. The standard InChI is InChI=1S/C18H15F3N2O4/c1-22-16(24)15-10-23(13-4-2-3-5-14(13)26-15)17(25)11-6-8-12(9-7-11)27-18(19,20)21/h2-9,15H,10H2,1H3,(H,22,24)/t15-/m1/s1. The molecule has 3 rings (SSSR count). The summed E-state index contributed by atoms with van der Waals surface area (Å²) in [5.41, 5.74) is 0.621. The van der Waals surface area contributed by atoms with Gasteiger partial charge in [-0.1, -0.05) is 12.1 Å². The number of rotatable bonds is 3. The lowest BCUT2D eigenvalue weighted by Gasteiger charge is -2.34. The molecule has 1 N–H and O–H groups in total. The number of nitrogens with zero attached hydrogens (tertiary/aromatic N) is 1. The topological polar surface area (TPSA) is 67.9 Å². The fraction of sp³-hybridized carbons (Fsp3) is 0.222. The normalized spacial score (nSPS) is 16.1. The van der Waals surface area contributed by atoms with Crippen molar-refractivity contribution in [3.8, 4) is 11.5 Å². The van der Waals surface area contributed by atoms with E-state index in [2.05, 4.69) is 10.1 Å². The summed E-state index contributed by atoms with van der Waals surface area (Å²) in [5.74, 6) is -0.929. The highest BCUT2D eigenvalue weighted by Gasteiger charge is 2.34. The number of carbonyl (C=O) groups is 2. The lowest BCUT2D eigenvalue weighted by atomic mass is 10.1. The molecule has 0 fully saturated rings. The molecule has 27 heavy (non-hydrogen) atoms. The van der Waals surface area contributed by atoms with Gasteiger partial charge < -0.3 is 19.7 Å². The summed E-state index contributed by atoms with van der Waals surface area (Å²) in [6.45, 7) is -0.0314. The van der Waals surface area contributed by atoms with Crippen molar-refractivity contribution in [2.45, 2.75) is 12.5 Å². The van der Waals surface area contributed by atoms with Gasteiger partial charge in [0.1, 0.15) is 11.5 Å². The molecular formula is C18H15F3N2O4. The molecule has 2 aromatic carbocycles. The first-order chi connectivity index (χ1) is 12.8. The first kappa shape index (κ1) is 18.6. The summed E-state index contributed by atoms with van der Waals surface area (Å²) in [7, 11) is 1.46. The summed E-state index contributed by atoms with van der Waals surface area (Å²) in [5, 5.41) is 2.47. The molecule has 0 unspecified atom stereocenters. The molecule has 0 spiro atoms. The van der Waals surface area contributed by atoms with Gasteiger partial charge in [-0.25, -0.2) is 0 Å². The number of nitrogens with one attached hydrogen (secondary N) is 1. The first-order valence-electron chi connectivity index (χ1n) is 7.93. The van der Waals surface area contributed by atoms with Crippen LogP contribution in [0.15, 0.2) is 48.5 Å². The smallest absolute Gasteiger partial charge is 0.477 e. The van der Waals surface area contributed by atoms with Gasteiger partial charge in [-0.05, 0) is 36.4 Å². The van der Waals surface area contributed by atoms with Crippen LogP contribution in [-0.4, -0.2) is 37.9 Å². The molecule has 0 aromatic heterocycles. The molecule has 1 heterocycles. The van der Waals surface area contributed by atoms with Crippen molar-refractivity contribution >= 4 is 17.5 Å². The molecule has 9 heteroatoms. The van der Waals surface area contributed by atoms with Crippen LogP contribution in [-0.2, 0) is 4.79 Å². The van der Waals surface area contributed by atoms with Crippen LogP contribution in [0.5, 0.6) is 11.5 Å². The number of fused-ring (bicyclic) bond motifs is 1. The minimum atomic E-state index is -4.81. The number of benzene rings is 2. The molecule has 0 saturated carbocycles. The number of carbonyl (C=O) groups excluding carboxylic acids is 2. The zero-order valence-electron chi connectivity index (χ0n) is 14.1. The Morgan fingerprint density at radius 1 is 1.15 bits per heavy atom. The van der Waals surface area contributed by atoms with Gasteiger partial charge in [0.05, 0.1) is 12.2 Å². The average Bonchev–Trinajstić information content (AvgIpc) is 2.65. The predicted molar refractivity (Wildman–Crippen MR) is 89.7 cm³/mol. The molecular weight excluding hydrogens is 365 g/mol. The Balaban J connectivity index is 1.87. The number of anilines is 1. The zero-order chi connectivity index (χ0) is 19.6. The molecule has 1 aliphatic heterocycles. The largest absolute Gasteiger partial charge is 0.573 e. The first-order valence-corrected chi connectivity index (χ1v) is 7.93. The Morgan fingerprint density at radius 2 is 1.81 bits per heavy atom. The number of likely N-dealkylation sites (N-methyl/N-ethyl adjacent to an activating group) is 1. The van der Waals surface area contributed by atoms with Gasteiger partial charge in [0.2, 0.25) is 0 Å². The van der Waals surface area contributed by atoms with Crippen LogP contribution in [0.1, 0.15) is 10.4 Å². The fourth-order valence-corrected chi connectivity index (χ4v) is 2.68. The van der Waals surface area contributed by atoms with E-state index >= 15 is 0 Å². The van der Waals surface area contributed by atoms with Crippen molar-refractivity contribution in [1.29, 1.82) is 0 Å². The van der Waals surface area contributed by atoms with Crippen molar-refractivity contribution in [3.63, 3.8) is 0 Å². The van der Waals surface area contributed by atoms with E-state index in [1.54, 1.807) is 24.3 Å². The van der Waals surface area contributed by atoms with Crippen LogP contribution < -0.4 is 19.7 Å². The van der Waals surface area contributed by atoms with E-state index in [1.807, 2.05) is 0 Å². The maximum atomic E-state index is 12.9. The zero-order valence-corrected chi connectivity index (χ0v) is 14.1. The summed E-state index contributed by atoms with van der Waals surface area (Å²) < 4.78 is 46.2. The van der Waals surface area contributed by atoms with Crippen LogP contribution in [0.3, 0.4) is 0 Å². The Bertz CT molecular complexity index is 852. The second-order valence-corrected chi connectivity index (χ2v) is 5.68. The Labute approximate surface area is 152 Å². The molecule has 2 aromatic rings. The monoisotopic (exact) mass is 380 g/mol. The van der Waals surface area contributed by atoms with Gasteiger partial charge in [-0.15, -0.1) is 13.2 Å². The van der Waals surface area contributed by atoms with Gasteiger partial charge in [-0.2, -0.15) is 0 Å². The minimum Gasteiger partial charge on any atom is -0.477 e. The van der Waals surface area contributed by atoms with E-state index in [0.29, 0.717) is 11.4 Å². The van der Waals surface area contributed by atoms with Crippen molar-refractivity contribution in [2.24, 2.45) is 0 Å². The molecule has 0 aliphatic carbocycles. The number of amides is 2. The summed E-state index contributed by atoms with van der Waals surface area (Å²) in [6.07, 6.45) is -5.71. The van der Waals surface area contributed by atoms with Crippen LogP contribution in [0.2, 0.25) is 0 Å². The van der Waals surface area contributed by atoms with E-state index in [-0.39, 0.29) is 12.1 Å². The molecule has 0 bridgehead atoms. The highest BCUT2D eigenvalue weighted by molar-refractivity contribution is 6.08. The fourth-order valence-electron chi connectivity index (χ4n) is 2.68. The van der Waals surface area contributed by atoms with Crippen LogP contribution in [0.4, 0.5) is 18.9 Å². The van der Waals surface area contributed by atoms with E-state index in [9.17, 15) is 22.8 Å². The van der Waals surface area contributed by atoms with Crippen molar-refractivity contribution < 1.29 is 32.2 Å². The second-order valence-electron chi connectivity index (χ2n) is 5.68. The van der Waals surface area contributed by atoms with Gasteiger partial charge in [0, 0.05) is 12.6 Å². The second kappa shape index (κ2) is 7.18. The lowest BCUT2D eigenvalue weighted by Crippen LogP contribution is -2.50. The summed E-state index contributed by atoms with van der Waals surface area (Å²) in [4.78, 5) is 26.2. The van der Waals surface area contributed by atoms with E-state index in [1.165, 1.54) is 24.1 Å². The Morgan fingerprint density at radius 3 is 2.44 bits per heavy atom. The van der Waals surface area contributed by atoms with Crippen LogP contribution >= 0.6 is 0 Å². The maximum absolute atomic E-state index is 12.9. The highest BCUT2D eigenvalue weighted by atomic mass is 19.4. The Hall–Kier alpha value is -3.23. The van der Waals surface area contributed by atoms with Crippen LogP contribution in [0, 0.1) is 0 Å². The van der Waals surface area contributed by atoms with Crippen molar-refractivity contribution in [2.75, 3.05) is 18.5 Å². The van der Waals surface area contributed by atoms with Gasteiger partial charge in [-0.3, -0.25) is 9.59 Å². The molecule has 0 saturated heterocycles. The van der Waals surface area contributed by atoms with Crippen LogP contribution in [0.25, 0.3) is 0 Å². The number of ether oxygens (including phenoxy) is 2. The van der Waals surface area contributed by atoms with Gasteiger partial charge >= 0.3 is 6.36 Å². The maximum Gasteiger partial charge on any atom is 0.573 e. The molecule has 1 atom stereocenters. The molecule has 1 aliphatic rings. The third-order valence-electron chi connectivity index (χ3n) is 3.89. The van der Waals surface area contributed by atoms with Crippen molar-refractivity contribution in [3.05, 3.63) is 54.1 Å². The number of hydrogen-bond acceptors (Lipinski definition) is 4. The van der Waals surface area contributed by atoms with E-state index in [4.69, 9.17) is 4.74 Å². The van der Waals surface area contributed by atoms with Crippen molar-refractivity contribution in [1.82, 2.24) is 5.32 Å². The quantitative estimate of drug-likeness (QED) is 0.889. The summed E-state index contributed by atoms with van der Waals surface area (Å²) >= 11 is 0. The summed E-state index contributed by atoms with van der Waals surface area (Å²) in [6, 6.07) is 11.3. The number of para-hydroxylation sites is 2. The number of alkyl halides is 3. The van der Waals surface area contributed by atoms with Gasteiger partial charge in [0.15, 0.2) is 6.10 Å². The third-order valence-corrected chi connectivity index (χ3v) is 3.89. The molecule has 142 valence electrons. The van der Waals surface area contributed by atoms with Gasteiger partial charge in [0.25, 0.3) is 11.8 Å². The third kappa shape index (κ3) is 4.13. The predicted octanol–water partition coefficient (Wildman–Crippen LogP) is 2.74. The number of halogens is 3.